The molecule has 2 aromatic rings. The lowest BCUT2D eigenvalue weighted by molar-refractivity contribution is 0.177. The fourth-order valence-corrected chi connectivity index (χ4v) is 6.45. The van der Waals surface area contributed by atoms with Crippen molar-refractivity contribution in [1.82, 2.24) is 4.90 Å². The van der Waals surface area contributed by atoms with Crippen LogP contribution in [0.15, 0.2) is 52.1 Å². The summed E-state index contributed by atoms with van der Waals surface area (Å²) in [6.07, 6.45) is 3.83. The van der Waals surface area contributed by atoms with Gasteiger partial charge in [0.25, 0.3) is 0 Å². The van der Waals surface area contributed by atoms with E-state index in [2.05, 4.69) is 35.6 Å². The second-order valence-corrected chi connectivity index (χ2v) is 10.6. The van der Waals surface area contributed by atoms with Gasteiger partial charge in [-0.15, -0.1) is 0 Å². The molecule has 3 nitrogen and oxygen atoms in total. The molecule has 0 radical (unpaired) electrons. The first kappa shape index (κ1) is 19.6. The number of benzene rings is 1. The van der Waals surface area contributed by atoms with Crippen LogP contribution in [-0.2, 0) is 9.84 Å². The van der Waals surface area contributed by atoms with Gasteiger partial charge in [0.1, 0.15) is 5.37 Å². The number of nitrogens with zero attached hydrogens (tertiary/aromatic N) is 1. The molecule has 2 heterocycles. The molecule has 5 heteroatoms. The Morgan fingerprint density at radius 3 is 2.58 bits per heavy atom. The standard InChI is InChI=1S/C21H29NO2S2/c1-17(2)10-11-21(26(23,24)20-8-4-3-5-9-20)22-13-6-7-18(15-22)19-12-14-25-16-19/h3-5,8-9,12,14,16-18,21H,6-7,10-11,13,15H2,1-2H3. The average molecular weight is 392 g/mol. The summed E-state index contributed by atoms with van der Waals surface area (Å²) in [4.78, 5) is 2.68. The summed E-state index contributed by atoms with van der Waals surface area (Å²) in [5.74, 6) is 0.948. The normalized spacial score (nSPS) is 20.3. The molecule has 0 amide bonds. The molecule has 1 fully saturated rings. The van der Waals surface area contributed by atoms with Gasteiger partial charge in [-0.25, -0.2) is 8.42 Å². The Morgan fingerprint density at radius 2 is 1.92 bits per heavy atom. The van der Waals surface area contributed by atoms with Crippen molar-refractivity contribution in [2.75, 3.05) is 13.1 Å². The highest BCUT2D eigenvalue weighted by Gasteiger charge is 2.35. The van der Waals surface area contributed by atoms with E-state index in [1.54, 1.807) is 23.5 Å². The molecule has 1 aliphatic heterocycles. The predicted molar refractivity (Wildman–Crippen MR) is 109 cm³/mol. The van der Waals surface area contributed by atoms with Gasteiger partial charge in [0.2, 0.25) is 0 Å². The Hall–Kier alpha value is -1.17. The first-order valence-corrected chi connectivity index (χ1v) is 12.0. The molecule has 0 aliphatic carbocycles. The van der Waals surface area contributed by atoms with Crippen molar-refractivity contribution >= 4 is 21.2 Å². The lowest BCUT2D eigenvalue weighted by Gasteiger charge is -2.38. The Labute approximate surface area is 162 Å². The van der Waals surface area contributed by atoms with E-state index in [0.717, 1.165) is 32.4 Å². The summed E-state index contributed by atoms with van der Waals surface area (Å²) in [6, 6.07) is 11.2. The molecular weight excluding hydrogens is 362 g/mol. The SMILES string of the molecule is CC(C)CCC(N1CCCC(c2ccsc2)C1)S(=O)(=O)c1ccccc1. The molecule has 26 heavy (non-hydrogen) atoms. The molecule has 142 valence electrons. The van der Waals surface area contributed by atoms with Gasteiger partial charge in [0.15, 0.2) is 9.84 Å². The fourth-order valence-electron chi connectivity index (χ4n) is 3.82. The van der Waals surface area contributed by atoms with Gasteiger partial charge >= 0.3 is 0 Å². The highest BCUT2D eigenvalue weighted by Crippen LogP contribution is 2.33. The average Bonchev–Trinajstić information content (AvgIpc) is 3.17. The molecule has 1 aromatic carbocycles. The monoisotopic (exact) mass is 391 g/mol. The van der Waals surface area contributed by atoms with Crippen LogP contribution in [0.2, 0.25) is 0 Å². The number of likely N-dealkylation sites (tertiary alicyclic amines) is 1. The van der Waals surface area contributed by atoms with Crippen molar-refractivity contribution in [1.29, 1.82) is 0 Å². The van der Waals surface area contributed by atoms with Crippen LogP contribution < -0.4 is 0 Å². The van der Waals surface area contributed by atoms with Gasteiger partial charge in [-0.05, 0) is 78.6 Å². The number of sulfone groups is 1. The zero-order chi connectivity index (χ0) is 18.6. The second kappa shape index (κ2) is 8.68. The second-order valence-electron chi connectivity index (χ2n) is 7.67. The van der Waals surface area contributed by atoms with E-state index in [0.29, 0.717) is 23.2 Å². The molecule has 1 aliphatic rings. The van der Waals surface area contributed by atoms with Crippen LogP contribution in [0, 0.1) is 5.92 Å². The molecular formula is C21H29NO2S2. The molecule has 0 saturated carbocycles. The van der Waals surface area contributed by atoms with Crippen LogP contribution in [0.25, 0.3) is 0 Å². The van der Waals surface area contributed by atoms with Crippen molar-refractivity contribution < 1.29 is 8.42 Å². The maximum absolute atomic E-state index is 13.4. The van der Waals surface area contributed by atoms with Crippen LogP contribution in [0.5, 0.6) is 0 Å². The quantitative estimate of drug-likeness (QED) is 0.654. The van der Waals surface area contributed by atoms with E-state index >= 15 is 0 Å². The minimum atomic E-state index is -3.36. The zero-order valence-corrected chi connectivity index (χ0v) is 17.3. The largest absolute Gasteiger partial charge is 0.286 e. The number of hydrogen-bond donors (Lipinski definition) is 0. The molecule has 0 N–H and O–H groups in total. The highest BCUT2D eigenvalue weighted by molar-refractivity contribution is 7.92. The van der Waals surface area contributed by atoms with Crippen molar-refractivity contribution in [3.05, 3.63) is 52.7 Å². The van der Waals surface area contributed by atoms with E-state index in [-0.39, 0.29) is 0 Å². The number of piperidine rings is 1. The minimum Gasteiger partial charge on any atom is -0.286 e. The van der Waals surface area contributed by atoms with E-state index in [4.69, 9.17) is 0 Å². The Bertz CT molecular complexity index is 770. The van der Waals surface area contributed by atoms with Gasteiger partial charge in [-0.2, -0.15) is 11.3 Å². The minimum absolute atomic E-state index is 0.422. The van der Waals surface area contributed by atoms with E-state index in [1.807, 2.05) is 18.2 Å². The van der Waals surface area contributed by atoms with E-state index in [9.17, 15) is 8.42 Å². The third-order valence-electron chi connectivity index (χ3n) is 5.30. The van der Waals surface area contributed by atoms with Crippen LogP contribution in [0.4, 0.5) is 0 Å². The third-order valence-corrected chi connectivity index (χ3v) is 8.18. The van der Waals surface area contributed by atoms with Crippen molar-refractivity contribution in [2.45, 2.75) is 55.7 Å². The number of hydrogen-bond acceptors (Lipinski definition) is 4. The smallest absolute Gasteiger partial charge is 0.194 e. The van der Waals surface area contributed by atoms with Gasteiger partial charge in [0.05, 0.1) is 4.90 Å². The summed E-state index contributed by atoms with van der Waals surface area (Å²) in [7, 11) is -3.36. The molecule has 0 bridgehead atoms. The predicted octanol–water partition coefficient (Wildman–Crippen LogP) is 5.16. The van der Waals surface area contributed by atoms with Crippen LogP contribution >= 0.6 is 11.3 Å². The van der Waals surface area contributed by atoms with Gasteiger partial charge in [-0.1, -0.05) is 32.0 Å². The first-order valence-electron chi connectivity index (χ1n) is 9.53. The van der Waals surface area contributed by atoms with Crippen LogP contribution in [0.1, 0.15) is 51.0 Å². The summed E-state index contributed by atoms with van der Waals surface area (Å²) < 4.78 is 26.8. The van der Waals surface area contributed by atoms with Crippen molar-refractivity contribution in [3.8, 4) is 0 Å². The number of rotatable bonds is 7. The topological polar surface area (TPSA) is 37.4 Å². The lowest BCUT2D eigenvalue weighted by atomic mass is 9.92. The molecule has 2 unspecified atom stereocenters. The summed E-state index contributed by atoms with van der Waals surface area (Å²) in [5, 5.41) is 3.91. The lowest BCUT2D eigenvalue weighted by Crippen LogP contribution is -2.46. The van der Waals surface area contributed by atoms with Crippen LogP contribution in [-0.4, -0.2) is 31.8 Å². The number of thiophene rings is 1. The Morgan fingerprint density at radius 1 is 1.15 bits per heavy atom. The van der Waals surface area contributed by atoms with Gasteiger partial charge in [-0.3, -0.25) is 4.90 Å². The Balaban J connectivity index is 1.85. The van der Waals surface area contributed by atoms with Gasteiger partial charge < -0.3 is 0 Å². The van der Waals surface area contributed by atoms with E-state index < -0.39 is 15.2 Å². The van der Waals surface area contributed by atoms with E-state index in [1.165, 1.54) is 5.56 Å². The molecule has 2 atom stereocenters. The fraction of sp³-hybridized carbons (Fsp3) is 0.524. The summed E-state index contributed by atoms with van der Waals surface area (Å²) >= 11 is 1.72. The molecule has 1 aromatic heterocycles. The first-order chi connectivity index (χ1) is 12.5. The molecule has 3 rings (SSSR count). The van der Waals surface area contributed by atoms with Crippen LogP contribution in [0.3, 0.4) is 0 Å². The Kier molecular flexibility index (Phi) is 6.54. The maximum Gasteiger partial charge on any atom is 0.194 e. The molecule has 0 spiro atoms. The van der Waals surface area contributed by atoms with Crippen molar-refractivity contribution in [3.63, 3.8) is 0 Å². The summed E-state index contributed by atoms with van der Waals surface area (Å²) in [5.41, 5.74) is 1.36. The highest BCUT2D eigenvalue weighted by atomic mass is 32.2. The van der Waals surface area contributed by atoms with Gasteiger partial charge in [0, 0.05) is 6.54 Å². The third kappa shape index (κ3) is 4.56. The maximum atomic E-state index is 13.4. The summed E-state index contributed by atoms with van der Waals surface area (Å²) in [6.45, 7) is 6.04. The van der Waals surface area contributed by atoms with Crippen molar-refractivity contribution in [2.24, 2.45) is 5.92 Å². The zero-order valence-electron chi connectivity index (χ0n) is 15.7. The molecule has 1 saturated heterocycles.